The van der Waals surface area contributed by atoms with Crippen LogP contribution in [0.4, 0.5) is 13.2 Å². The van der Waals surface area contributed by atoms with Gasteiger partial charge in [-0.3, -0.25) is 4.89 Å². The summed E-state index contributed by atoms with van der Waals surface area (Å²) in [4.78, 5) is 22.2. The van der Waals surface area contributed by atoms with Crippen molar-refractivity contribution in [2.24, 2.45) is 5.73 Å². The topological polar surface area (TPSA) is 61.5 Å². The van der Waals surface area contributed by atoms with Crippen molar-refractivity contribution in [2.75, 3.05) is 0 Å². The van der Waals surface area contributed by atoms with Gasteiger partial charge in [0, 0.05) is 6.54 Å². The molecule has 140 valence electrons. The predicted molar refractivity (Wildman–Crippen MR) is 91.0 cm³/mol. The van der Waals surface area contributed by atoms with Crippen LogP contribution in [-0.2, 0) is 22.5 Å². The maximum absolute atomic E-state index is 12.8. The number of alkyl halides is 3. The van der Waals surface area contributed by atoms with Crippen LogP contribution in [0.15, 0.2) is 42.5 Å². The van der Waals surface area contributed by atoms with E-state index in [0.29, 0.717) is 11.1 Å². The molecule has 0 saturated carbocycles. The summed E-state index contributed by atoms with van der Waals surface area (Å²) in [6.45, 7) is 5.37. The van der Waals surface area contributed by atoms with Crippen molar-refractivity contribution < 1.29 is 27.7 Å². The fourth-order valence-corrected chi connectivity index (χ4v) is 2.18. The lowest BCUT2D eigenvalue weighted by atomic mass is 9.96. The highest BCUT2D eigenvalue weighted by molar-refractivity contribution is 5.97. The average molecular weight is 367 g/mol. The van der Waals surface area contributed by atoms with E-state index in [-0.39, 0.29) is 12.1 Å². The second-order valence-electron chi connectivity index (χ2n) is 6.73. The molecule has 0 aliphatic heterocycles. The second kappa shape index (κ2) is 7.47. The minimum absolute atomic E-state index is 0.172. The first kappa shape index (κ1) is 19.9. The van der Waals surface area contributed by atoms with E-state index in [2.05, 4.69) is 0 Å². The van der Waals surface area contributed by atoms with Crippen LogP contribution in [0.25, 0.3) is 11.1 Å². The molecule has 0 aliphatic rings. The summed E-state index contributed by atoms with van der Waals surface area (Å²) < 4.78 is 38.3. The monoisotopic (exact) mass is 367 g/mol. The Morgan fingerprint density at radius 3 is 2.15 bits per heavy atom. The molecular formula is C19H20F3NO3. The Labute approximate surface area is 149 Å². The Bertz CT molecular complexity index is 778. The SMILES string of the molecule is CC(C)(C)OOC(=O)c1ccc(CN)cc1-c1ccc(C(F)(F)F)cc1. The van der Waals surface area contributed by atoms with Gasteiger partial charge in [-0.1, -0.05) is 18.2 Å². The van der Waals surface area contributed by atoms with E-state index in [1.54, 1.807) is 32.9 Å². The van der Waals surface area contributed by atoms with E-state index >= 15 is 0 Å². The van der Waals surface area contributed by atoms with Crippen LogP contribution in [0.3, 0.4) is 0 Å². The molecule has 2 aromatic rings. The predicted octanol–water partition coefficient (Wildman–Crippen LogP) is 4.72. The molecule has 0 aromatic heterocycles. The van der Waals surface area contributed by atoms with Crippen molar-refractivity contribution in [1.82, 2.24) is 0 Å². The molecule has 0 fully saturated rings. The van der Waals surface area contributed by atoms with Gasteiger partial charge in [-0.25, -0.2) is 4.79 Å². The lowest BCUT2D eigenvalue weighted by molar-refractivity contribution is -0.301. The fourth-order valence-electron chi connectivity index (χ4n) is 2.18. The number of carbonyl (C=O) groups is 1. The third-order valence-electron chi connectivity index (χ3n) is 3.43. The fraction of sp³-hybridized carbons (Fsp3) is 0.316. The van der Waals surface area contributed by atoms with Crippen LogP contribution in [-0.4, -0.2) is 11.6 Å². The van der Waals surface area contributed by atoms with Gasteiger partial charge in [0.1, 0.15) is 5.60 Å². The summed E-state index contributed by atoms with van der Waals surface area (Å²) in [5.41, 5.74) is 5.93. The van der Waals surface area contributed by atoms with E-state index in [9.17, 15) is 18.0 Å². The number of rotatable bonds is 4. The Balaban J connectivity index is 2.41. The summed E-state index contributed by atoms with van der Waals surface area (Å²) in [5, 5.41) is 0. The van der Waals surface area contributed by atoms with Crippen LogP contribution < -0.4 is 5.73 Å². The number of halogens is 3. The molecule has 7 heteroatoms. The Kier molecular flexibility index (Phi) is 5.73. The summed E-state index contributed by atoms with van der Waals surface area (Å²) in [5.74, 6) is -0.738. The molecule has 0 aliphatic carbocycles. The van der Waals surface area contributed by atoms with Gasteiger partial charge in [-0.05, 0) is 61.7 Å². The maximum Gasteiger partial charge on any atom is 0.416 e. The molecule has 0 amide bonds. The lowest BCUT2D eigenvalue weighted by Gasteiger charge is -2.18. The van der Waals surface area contributed by atoms with Gasteiger partial charge in [-0.2, -0.15) is 18.1 Å². The summed E-state index contributed by atoms with van der Waals surface area (Å²) in [7, 11) is 0. The zero-order chi connectivity index (χ0) is 19.5. The molecule has 0 atom stereocenters. The number of hydrogen-bond acceptors (Lipinski definition) is 4. The molecule has 0 radical (unpaired) electrons. The van der Waals surface area contributed by atoms with Gasteiger partial charge in [0.15, 0.2) is 0 Å². The van der Waals surface area contributed by atoms with Crippen molar-refractivity contribution in [3.05, 3.63) is 59.2 Å². The van der Waals surface area contributed by atoms with E-state index in [1.165, 1.54) is 18.2 Å². The first-order valence-corrected chi connectivity index (χ1v) is 7.92. The van der Waals surface area contributed by atoms with E-state index in [0.717, 1.165) is 17.7 Å². The first-order valence-electron chi connectivity index (χ1n) is 7.92. The third-order valence-corrected chi connectivity index (χ3v) is 3.43. The van der Waals surface area contributed by atoms with Crippen molar-refractivity contribution in [2.45, 2.75) is 39.1 Å². The lowest BCUT2D eigenvalue weighted by Crippen LogP contribution is -2.22. The van der Waals surface area contributed by atoms with Crippen LogP contribution >= 0.6 is 0 Å². The van der Waals surface area contributed by atoms with Crippen molar-refractivity contribution in [3.63, 3.8) is 0 Å². The standard InChI is InChI=1S/C19H20F3NO3/c1-18(2,3)26-25-17(24)15-9-4-12(11-23)10-16(15)13-5-7-14(8-6-13)19(20,21)22/h4-10H,11,23H2,1-3H3. The maximum atomic E-state index is 12.8. The summed E-state index contributed by atoms with van der Waals surface area (Å²) in [6, 6.07) is 9.36. The van der Waals surface area contributed by atoms with Gasteiger partial charge in [0.2, 0.25) is 0 Å². The van der Waals surface area contributed by atoms with Crippen LogP contribution in [0.2, 0.25) is 0 Å². The minimum Gasteiger partial charge on any atom is -0.326 e. The summed E-state index contributed by atoms with van der Waals surface area (Å²) in [6.07, 6.45) is -4.43. The van der Waals surface area contributed by atoms with Crippen LogP contribution in [0.5, 0.6) is 0 Å². The number of benzene rings is 2. The molecule has 2 rings (SSSR count). The zero-order valence-corrected chi connectivity index (χ0v) is 14.7. The zero-order valence-electron chi connectivity index (χ0n) is 14.7. The van der Waals surface area contributed by atoms with E-state index in [1.807, 2.05) is 0 Å². The van der Waals surface area contributed by atoms with Crippen LogP contribution in [0.1, 0.15) is 42.3 Å². The van der Waals surface area contributed by atoms with E-state index < -0.39 is 23.3 Å². The Morgan fingerprint density at radius 2 is 1.65 bits per heavy atom. The number of nitrogens with two attached hydrogens (primary N) is 1. The van der Waals surface area contributed by atoms with Gasteiger partial charge >= 0.3 is 12.1 Å². The van der Waals surface area contributed by atoms with E-state index in [4.69, 9.17) is 15.5 Å². The molecule has 26 heavy (non-hydrogen) atoms. The highest BCUT2D eigenvalue weighted by Crippen LogP contribution is 2.32. The van der Waals surface area contributed by atoms with Crippen molar-refractivity contribution in [1.29, 1.82) is 0 Å². The molecule has 2 N–H and O–H groups in total. The third kappa shape index (κ3) is 5.06. The quantitative estimate of drug-likeness (QED) is 0.628. The van der Waals surface area contributed by atoms with Crippen molar-refractivity contribution in [3.8, 4) is 11.1 Å². The van der Waals surface area contributed by atoms with Gasteiger partial charge in [-0.15, -0.1) is 0 Å². The highest BCUT2D eigenvalue weighted by Gasteiger charge is 2.30. The number of hydrogen-bond donors (Lipinski definition) is 1. The molecule has 0 heterocycles. The largest absolute Gasteiger partial charge is 0.416 e. The van der Waals surface area contributed by atoms with Gasteiger partial charge in [0.25, 0.3) is 0 Å². The molecule has 0 unspecified atom stereocenters. The number of carbonyl (C=O) groups excluding carboxylic acids is 1. The minimum atomic E-state index is -4.43. The van der Waals surface area contributed by atoms with Gasteiger partial charge < -0.3 is 5.73 Å². The molecule has 0 saturated heterocycles. The second-order valence-corrected chi connectivity index (χ2v) is 6.73. The molecule has 0 spiro atoms. The summed E-state index contributed by atoms with van der Waals surface area (Å²) >= 11 is 0. The highest BCUT2D eigenvalue weighted by atomic mass is 19.4. The van der Waals surface area contributed by atoms with Crippen molar-refractivity contribution >= 4 is 5.97 Å². The Hall–Kier alpha value is -2.38. The average Bonchev–Trinajstić information content (AvgIpc) is 2.58. The molecule has 2 aromatic carbocycles. The van der Waals surface area contributed by atoms with Crippen LogP contribution in [0, 0.1) is 0 Å². The normalized spacial score (nSPS) is 12.1. The van der Waals surface area contributed by atoms with Gasteiger partial charge in [0.05, 0.1) is 11.1 Å². The molecular weight excluding hydrogens is 347 g/mol. The molecule has 0 bridgehead atoms. The Morgan fingerprint density at radius 1 is 1.04 bits per heavy atom. The molecule has 4 nitrogen and oxygen atoms in total. The first-order chi connectivity index (χ1) is 12.0. The smallest absolute Gasteiger partial charge is 0.326 e.